The Morgan fingerprint density at radius 1 is 0.500 bits per heavy atom. The second-order valence-electron chi connectivity index (χ2n) is 10.4. The van der Waals surface area contributed by atoms with Crippen molar-refractivity contribution in [3.05, 3.63) is 0 Å². The minimum absolute atomic E-state index is 0.348. The van der Waals surface area contributed by atoms with E-state index in [0.717, 1.165) is 64.2 Å². The van der Waals surface area contributed by atoms with Crippen LogP contribution in [0.5, 0.6) is 0 Å². The molecule has 180 valence electrons. The van der Waals surface area contributed by atoms with E-state index in [9.17, 15) is 9.59 Å². The number of fused-ring (bicyclic) bond motifs is 2. The lowest BCUT2D eigenvalue weighted by Gasteiger charge is -2.27. The van der Waals surface area contributed by atoms with E-state index in [0.29, 0.717) is 74.5 Å². The fraction of sp³-hybridized carbons (Fsp3) is 0.917. The van der Waals surface area contributed by atoms with Crippen molar-refractivity contribution in [3.63, 3.8) is 0 Å². The molecule has 0 aromatic rings. The van der Waals surface area contributed by atoms with Crippen molar-refractivity contribution >= 4 is 12.3 Å². The monoisotopic (exact) mass is 452 g/mol. The first-order valence-corrected chi connectivity index (χ1v) is 12.5. The molecule has 5 aliphatic rings. The summed E-state index contributed by atoms with van der Waals surface area (Å²) in [6.07, 6.45) is 10.7. The quantitative estimate of drug-likeness (QED) is 0.399. The maximum Gasteiger partial charge on any atom is 0.508 e. The second-order valence-corrected chi connectivity index (χ2v) is 10.4. The Morgan fingerprint density at radius 3 is 1.22 bits per heavy atom. The number of ether oxygens (including phenoxy) is 6. The molecule has 32 heavy (non-hydrogen) atoms. The standard InChI is InChI=1S/C24H36O8/c25-23(29-13-17-5-7-19-21(9-17)31-19)27-11-15-1-2-16(4-3-15)12-28-24(26)30-14-18-6-8-20-22(10-18)32-20/h15-22H,1-14H2/t15?,16?,17?,18?,19-,20?,21?,22?/m1/s1. The van der Waals surface area contributed by atoms with Crippen LogP contribution in [0.15, 0.2) is 0 Å². The van der Waals surface area contributed by atoms with E-state index in [1.807, 2.05) is 0 Å². The highest BCUT2D eigenvalue weighted by Crippen LogP contribution is 2.40. The number of hydrogen-bond donors (Lipinski definition) is 0. The molecule has 3 saturated carbocycles. The summed E-state index contributed by atoms with van der Waals surface area (Å²) in [7, 11) is 0. The molecule has 0 N–H and O–H groups in total. The third-order valence-corrected chi connectivity index (χ3v) is 7.94. The highest BCUT2D eigenvalue weighted by molar-refractivity contribution is 5.60. The Bertz CT molecular complexity index is 604. The zero-order valence-electron chi connectivity index (χ0n) is 18.8. The van der Waals surface area contributed by atoms with Crippen molar-refractivity contribution in [2.45, 2.75) is 88.6 Å². The first-order valence-electron chi connectivity index (χ1n) is 12.5. The van der Waals surface area contributed by atoms with Gasteiger partial charge in [-0.05, 0) is 87.9 Å². The van der Waals surface area contributed by atoms with Gasteiger partial charge in [0.2, 0.25) is 0 Å². The predicted molar refractivity (Wildman–Crippen MR) is 112 cm³/mol. The average Bonchev–Trinajstić information content (AvgIpc) is 3.73. The van der Waals surface area contributed by atoms with Gasteiger partial charge in [-0.2, -0.15) is 0 Å². The topological polar surface area (TPSA) is 96.1 Å². The van der Waals surface area contributed by atoms with Gasteiger partial charge in [0, 0.05) is 0 Å². The maximum atomic E-state index is 11.9. The van der Waals surface area contributed by atoms with Gasteiger partial charge < -0.3 is 28.4 Å². The highest BCUT2D eigenvalue weighted by Gasteiger charge is 2.44. The van der Waals surface area contributed by atoms with Crippen LogP contribution in [0.1, 0.15) is 64.2 Å². The summed E-state index contributed by atoms with van der Waals surface area (Å²) >= 11 is 0. The molecule has 0 aromatic heterocycles. The summed E-state index contributed by atoms with van der Waals surface area (Å²) in [5, 5.41) is 0. The summed E-state index contributed by atoms with van der Waals surface area (Å²) in [5.41, 5.74) is 0. The van der Waals surface area contributed by atoms with E-state index in [1.165, 1.54) is 0 Å². The molecular weight excluding hydrogens is 416 g/mol. The van der Waals surface area contributed by atoms with Crippen molar-refractivity contribution in [2.24, 2.45) is 23.7 Å². The zero-order chi connectivity index (χ0) is 21.9. The third-order valence-electron chi connectivity index (χ3n) is 7.94. The molecule has 0 aromatic carbocycles. The molecule has 5 fully saturated rings. The van der Waals surface area contributed by atoms with E-state index in [1.54, 1.807) is 0 Å². The van der Waals surface area contributed by atoms with E-state index in [2.05, 4.69) is 0 Å². The highest BCUT2D eigenvalue weighted by atomic mass is 16.7. The predicted octanol–water partition coefficient (Wildman–Crippen LogP) is 4.23. The van der Waals surface area contributed by atoms with E-state index in [-0.39, 0.29) is 0 Å². The van der Waals surface area contributed by atoms with Crippen LogP contribution in [0.25, 0.3) is 0 Å². The molecule has 0 radical (unpaired) electrons. The molecule has 6 atom stereocenters. The summed E-state index contributed by atoms with van der Waals surface area (Å²) in [6.45, 7) is 1.67. The van der Waals surface area contributed by atoms with Gasteiger partial charge in [-0.15, -0.1) is 0 Å². The summed E-state index contributed by atoms with van der Waals surface area (Å²) < 4.78 is 32.3. The number of carbonyl (C=O) groups excluding carboxylic acids is 2. The molecule has 0 spiro atoms. The van der Waals surface area contributed by atoms with Gasteiger partial charge in [-0.1, -0.05) is 0 Å². The van der Waals surface area contributed by atoms with Gasteiger partial charge in [0.05, 0.1) is 50.8 Å². The van der Waals surface area contributed by atoms with Crippen LogP contribution in [-0.2, 0) is 28.4 Å². The fourth-order valence-electron chi connectivity index (χ4n) is 5.67. The van der Waals surface area contributed by atoms with Crippen LogP contribution < -0.4 is 0 Å². The minimum Gasteiger partial charge on any atom is -0.434 e. The normalized spacial score (nSPS) is 39.8. The average molecular weight is 453 g/mol. The Labute approximate surface area is 189 Å². The minimum atomic E-state index is -0.557. The van der Waals surface area contributed by atoms with Crippen LogP contribution in [0.3, 0.4) is 0 Å². The number of carbonyl (C=O) groups is 2. The molecule has 5 rings (SSSR count). The van der Waals surface area contributed by atoms with Crippen LogP contribution in [0, 0.1) is 23.7 Å². The maximum absolute atomic E-state index is 11.9. The van der Waals surface area contributed by atoms with Crippen LogP contribution in [0.2, 0.25) is 0 Å². The Balaban J connectivity index is 0.880. The Kier molecular flexibility index (Phi) is 7.07. The Hall–Kier alpha value is -1.54. The largest absolute Gasteiger partial charge is 0.508 e. The lowest BCUT2D eigenvalue weighted by molar-refractivity contribution is 0.0142. The molecule has 5 unspecified atom stereocenters. The number of rotatable bonds is 8. The van der Waals surface area contributed by atoms with Crippen molar-refractivity contribution in [1.82, 2.24) is 0 Å². The van der Waals surface area contributed by atoms with Gasteiger partial charge in [-0.3, -0.25) is 0 Å². The fourth-order valence-corrected chi connectivity index (χ4v) is 5.67. The molecule has 0 amide bonds. The SMILES string of the molecule is O=C(OCC1CCC(COC(=O)OCC2CC[C@H]3OC3C2)CC1)OCC1CCC2OC2C1. The first-order chi connectivity index (χ1) is 15.6. The van der Waals surface area contributed by atoms with Crippen LogP contribution in [0.4, 0.5) is 9.59 Å². The Morgan fingerprint density at radius 2 is 0.844 bits per heavy atom. The lowest BCUT2D eigenvalue weighted by atomic mass is 9.83. The van der Waals surface area contributed by atoms with Crippen molar-refractivity contribution in [1.29, 1.82) is 0 Å². The van der Waals surface area contributed by atoms with Gasteiger partial charge in [-0.25, -0.2) is 9.59 Å². The van der Waals surface area contributed by atoms with E-state index < -0.39 is 12.3 Å². The molecule has 2 aliphatic heterocycles. The van der Waals surface area contributed by atoms with Crippen molar-refractivity contribution in [3.8, 4) is 0 Å². The van der Waals surface area contributed by atoms with Crippen LogP contribution in [-0.4, -0.2) is 63.2 Å². The summed E-state index contributed by atoms with van der Waals surface area (Å²) in [6, 6.07) is 0. The van der Waals surface area contributed by atoms with Gasteiger partial charge >= 0.3 is 12.3 Å². The summed E-state index contributed by atoms with van der Waals surface area (Å²) in [4.78, 5) is 23.8. The number of hydrogen-bond acceptors (Lipinski definition) is 8. The summed E-state index contributed by atoms with van der Waals surface area (Å²) in [5.74, 6) is 1.49. The van der Waals surface area contributed by atoms with Crippen molar-refractivity contribution in [2.75, 3.05) is 26.4 Å². The molecule has 2 heterocycles. The molecule has 8 nitrogen and oxygen atoms in total. The van der Waals surface area contributed by atoms with Crippen LogP contribution >= 0.6 is 0 Å². The third kappa shape index (κ3) is 6.28. The van der Waals surface area contributed by atoms with E-state index in [4.69, 9.17) is 28.4 Å². The van der Waals surface area contributed by atoms with Gasteiger partial charge in [0.15, 0.2) is 0 Å². The first kappa shape index (κ1) is 22.3. The van der Waals surface area contributed by atoms with Crippen molar-refractivity contribution < 1.29 is 38.0 Å². The number of epoxide rings is 2. The van der Waals surface area contributed by atoms with E-state index >= 15 is 0 Å². The second kappa shape index (κ2) is 10.2. The molecule has 8 heteroatoms. The molecule has 2 saturated heterocycles. The lowest BCUT2D eigenvalue weighted by Crippen LogP contribution is -2.26. The smallest absolute Gasteiger partial charge is 0.434 e. The molecular formula is C24H36O8. The molecule has 3 aliphatic carbocycles. The molecule has 0 bridgehead atoms. The van der Waals surface area contributed by atoms with Gasteiger partial charge in [0.1, 0.15) is 0 Å². The zero-order valence-corrected chi connectivity index (χ0v) is 18.8. The van der Waals surface area contributed by atoms with Gasteiger partial charge in [0.25, 0.3) is 0 Å².